The zero-order valence-corrected chi connectivity index (χ0v) is 8.79. The molecule has 13 heavy (non-hydrogen) atoms. The van der Waals surface area contributed by atoms with Gasteiger partial charge in [-0.25, -0.2) is 0 Å². The molecule has 0 saturated carbocycles. The summed E-state index contributed by atoms with van der Waals surface area (Å²) >= 11 is 12.8. The molecule has 2 rings (SSSR count). The lowest BCUT2D eigenvalue weighted by molar-refractivity contribution is 0.427. The summed E-state index contributed by atoms with van der Waals surface area (Å²) in [6, 6.07) is 5.53. The second kappa shape index (κ2) is 3.70. The molecule has 2 aromatic heterocycles. The number of rotatable bonds is 2. The smallest absolute Gasteiger partial charge is 0.177 e. The fraction of sp³-hybridized carbons (Fsp3) is 0.125. The molecule has 0 aliphatic rings. The monoisotopic (exact) mass is 233 g/mol. The van der Waals surface area contributed by atoms with Crippen LogP contribution in [0.3, 0.4) is 0 Å². The van der Waals surface area contributed by atoms with E-state index in [0.717, 1.165) is 14.9 Å². The zero-order valence-electron chi connectivity index (χ0n) is 6.46. The fourth-order valence-electron chi connectivity index (χ4n) is 0.938. The van der Waals surface area contributed by atoms with Gasteiger partial charge in [0.1, 0.15) is 0 Å². The third-order valence-corrected chi connectivity index (χ3v) is 3.03. The molecule has 2 heterocycles. The molecule has 0 aliphatic carbocycles. The standard InChI is InChI=1S/C8H5Cl2NOS/c9-4-5-3-6(12-11-5)7-1-2-8(10)13-7/h1-3H,4H2. The number of hydrogen-bond donors (Lipinski definition) is 0. The highest BCUT2D eigenvalue weighted by Gasteiger charge is 2.07. The summed E-state index contributed by atoms with van der Waals surface area (Å²) in [5.41, 5.74) is 0.737. The average molecular weight is 234 g/mol. The van der Waals surface area contributed by atoms with Gasteiger partial charge in [-0.1, -0.05) is 16.8 Å². The first-order chi connectivity index (χ1) is 6.29. The van der Waals surface area contributed by atoms with Gasteiger partial charge in [-0.15, -0.1) is 22.9 Å². The molecule has 0 aromatic carbocycles. The first-order valence-electron chi connectivity index (χ1n) is 3.57. The normalized spacial score (nSPS) is 10.6. The van der Waals surface area contributed by atoms with Crippen molar-refractivity contribution in [1.29, 1.82) is 0 Å². The summed E-state index contributed by atoms with van der Waals surface area (Å²) in [5, 5.41) is 3.78. The van der Waals surface area contributed by atoms with Gasteiger partial charge in [0, 0.05) is 6.07 Å². The van der Waals surface area contributed by atoms with Crippen LogP contribution in [0.25, 0.3) is 10.6 Å². The quantitative estimate of drug-likeness (QED) is 0.738. The Labute approximate surface area is 89.1 Å². The second-order valence-electron chi connectivity index (χ2n) is 2.42. The molecular formula is C8H5Cl2NOS. The zero-order chi connectivity index (χ0) is 9.26. The van der Waals surface area contributed by atoms with Gasteiger partial charge in [-0.2, -0.15) is 0 Å². The van der Waals surface area contributed by atoms with Crippen LogP contribution >= 0.6 is 34.5 Å². The van der Waals surface area contributed by atoms with Crippen LogP contribution in [0.2, 0.25) is 4.34 Å². The van der Waals surface area contributed by atoms with E-state index < -0.39 is 0 Å². The minimum atomic E-state index is 0.364. The van der Waals surface area contributed by atoms with Gasteiger partial charge in [-0.3, -0.25) is 0 Å². The number of hydrogen-bond acceptors (Lipinski definition) is 3. The molecule has 0 fully saturated rings. The molecule has 2 aromatic rings. The van der Waals surface area contributed by atoms with Crippen LogP contribution in [0.4, 0.5) is 0 Å². The molecule has 0 saturated heterocycles. The Bertz CT molecular complexity index is 410. The van der Waals surface area contributed by atoms with E-state index in [2.05, 4.69) is 5.16 Å². The highest BCUT2D eigenvalue weighted by Crippen LogP contribution is 2.31. The molecule has 5 heteroatoms. The summed E-state index contributed by atoms with van der Waals surface area (Å²) in [4.78, 5) is 0.967. The molecule has 68 valence electrons. The fourth-order valence-corrected chi connectivity index (χ4v) is 2.05. The predicted molar refractivity (Wildman–Crippen MR) is 54.4 cm³/mol. The Hall–Kier alpha value is -0.510. The topological polar surface area (TPSA) is 26.0 Å². The number of halogens is 2. The molecule has 0 aliphatic heterocycles. The van der Waals surface area contributed by atoms with Gasteiger partial charge < -0.3 is 4.52 Å². The van der Waals surface area contributed by atoms with Crippen LogP contribution in [-0.2, 0) is 5.88 Å². The van der Waals surface area contributed by atoms with Crippen LogP contribution in [0.15, 0.2) is 22.7 Å². The Morgan fingerprint density at radius 1 is 1.46 bits per heavy atom. The van der Waals surface area contributed by atoms with E-state index in [1.54, 1.807) is 0 Å². The number of nitrogens with zero attached hydrogens (tertiary/aromatic N) is 1. The van der Waals surface area contributed by atoms with Gasteiger partial charge in [0.2, 0.25) is 0 Å². The minimum Gasteiger partial charge on any atom is -0.355 e. The van der Waals surface area contributed by atoms with Crippen LogP contribution in [0.5, 0.6) is 0 Å². The van der Waals surface area contributed by atoms with Crippen molar-refractivity contribution >= 4 is 34.5 Å². The molecule has 0 radical (unpaired) electrons. The third-order valence-electron chi connectivity index (χ3n) is 1.51. The highest BCUT2D eigenvalue weighted by molar-refractivity contribution is 7.19. The minimum absolute atomic E-state index is 0.364. The lowest BCUT2D eigenvalue weighted by atomic mass is 10.3. The van der Waals surface area contributed by atoms with E-state index in [-0.39, 0.29) is 0 Å². The van der Waals surface area contributed by atoms with Crippen molar-refractivity contribution in [2.75, 3.05) is 0 Å². The van der Waals surface area contributed by atoms with E-state index in [4.69, 9.17) is 27.7 Å². The first kappa shape index (κ1) is 9.06. The van der Waals surface area contributed by atoms with E-state index in [1.165, 1.54) is 11.3 Å². The lowest BCUT2D eigenvalue weighted by Gasteiger charge is -1.83. The maximum atomic E-state index is 5.78. The molecule has 0 N–H and O–H groups in total. The van der Waals surface area contributed by atoms with E-state index in [0.29, 0.717) is 11.6 Å². The highest BCUT2D eigenvalue weighted by atomic mass is 35.5. The molecular weight excluding hydrogens is 229 g/mol. The average Bonchev–Trinajstić information content (AvgIpc) is 2.71. The summed E-state index contributed by atoms with van der Waals surface area (Å²) < 4.78 is 5.81. The maximum Gasteiger partial charge on any atom is 0.177 e. The summed E-state index contributed by atoms with van der Waals surface area (Å²) in [5.74, 6) is 1.08. The number of alkyl halides is 1. The van der Waals surface area contributed by atoms with Gasteiger partial charge in [0.15, 0.2) is 5.76 Å². The van der Waals surface area contributed by atoms with Crippen molar-refractivity contribution < 1.29 is 4.52 Å². The Balaban J connectivity index is 2.35. The van der Waals surface area contributed by atoms with Crippen LogP contribution in [-0.4, -0.2) is 5.16 Å². The number of aromatic nitrogens is 1. The largest absolute Gasteiger partial charge is 0.355 e. The Kier molecular flexibility index (Phi) is 2.58. The molecule has 0 amide bonds. The third kappa shape index (κ3) is 1.88. The van der Waals surface area contributed by atoms with Crippen molar-refractivity contribution in [3.05, 3.63) is 28.2 Å². The molecule has 0 unspecified atom stereocenters. The summed E-state index contributed by atoms with van der Waals surface area (Å²) in [6.45, 7) is 0. The van der Waals surface area contributed by atoms with E-state index in [1.807, 2.05) is 18.2 Å². The molecule has 0 bridgehead atoms. The second-order valence-corrected chi connectivity index (χ2v) is 4.40. The Morgan fingerprint density at radius 3 is 2.85 bits per heavy atom. The van der Waals surface area contributed by atoms with Crippen molar-refractivity contribution in [3.63, 3.8) is 0 Å². The van der Waals surface area contributed by atoms with Crippen LogP contribution < -0.4 is 0 Å². The van der Waals surface area contributed by atoms with Crippen molar-refractivity contribution in [3.8, 4) is 10.6 Å². The van der Waals surface area contributed by atoms with Gasteiger partial charge in [0.25, 0.3) is 0 Å². The first-order valence-corrected chi connectivity index (χ1v) is 5.30. The molecule has 0 spiro atoms. The molecule has 0 atom stereocenters. The van der Waals surface area contributed by atoms with Crippen molar-refractivity contribution in [2.24, 2.45) is 0 Å². The van der Waals surface area contributed by atoms with Gasteiger partial charge in [-0.05, 0) is 12.1 Å². The summed E-state index contributed by atoms with van der Waals surface area (Å²) in [6.07, 6.45) is 0. The van der Waals surface area contributed by atoms with Crippen LogP contribution in [0, 0.1) is 0 Å². The summed E-state index contributed by atoms with van der Waals surface area (Å²) in [7, 11) is 0. The van der Waals surface area contributed by atoms with E-state index >= 15 is 0 Å². The predicted octanol–water partition coefficient (Wildman–Crippen LogP) is 3.80. The maximum absolute atomic E-state index is 5.78. The van der Waals surface area contributed by atoms with Crippen molar-refractivity contribution in [2.45, 2.75) is 5.88 Å². The van der Waals surface area contributed by atoms with Crippen molar-refractivity contribution in [1.82, 2.24) is 5.16 Å². The number of thiophene rings is 1. The van der Waals surface area contributed by atoms with E-state index in [9.17, 15) is 0 Å². The van der Waals surface area contributed by atoms with Gasteiger partial charge in [0.05, 0.1) is 20.8 Å². The SMILES string of the molecule is ClCc1cc(-c2ccc(Cl)s2)on1. The molecule has 2 nitrogen and oxygen atoms in total. The lowest BCUT2D eigenvalue weighted by Crippen LogP contribution is -1.70. The van der Waals surface area contributed by atoms with Gasteiger partial charge >= 0.3 is 0 Å². The Morgan fingerprint density at radius 2 is 2.31 bits per heavy atom. The van der Waals surface area contributed by atoms with Crippen LogP contribution in [0.1, 0.15) is 5.69 Å².